The van der Waals surface area contributed by atoms with Crippen molar-refractivity contribution in [3.05, 3.63) is 50.5 Å². The highest BCUT2D eigenvalue weighted by Crippen LogP contribution is 2.24. The van der Waals surface area contributed by atoms with Crippen LogP contribution >= 0.6 is 11.3 Å². The quantitative estimate of drug-likeness (QED) is 0.420. The minimum atomic E-state index is -0.570. The minimum Gasteiger partial charge on any atom is -0.352 e. The van der Waals surface area contributed by atoms with Crippen molar-refractivity contribution in [2.75, 3.05) is 12.0 Å². The Hall–Kier alpha value is -2.52. The Labute approximate surface area is 124 Å². The van der Waals surface area contributed by atoms with Gasteiger partial charge in [-0.25, -0.2) is 4.98 Å². The molecule has 1 aromatic carbocycles. The summed E-state index contributed by atoms with van der Waals surface area (Å²) in [5.41, 5.74) is 5.06. The van der Waals surface area contributed by atoms with Gasteiger partial charge in [0.05, 0.1) is 16.1 Å². The molecule has 0 saturated heterocycles. The summed E-state index contributed by atoms with van der Waals surface area (Å²) in [5, 5.41) is 15.4. The summed E-state index contributed by atoms with van der Waals surface area (Å²) < 4.78 is 0. The number of hydrogen-bond donors (Lipinski definition) is 3. The van der Waals surface area contributed by atoms with Crippen molar-refractivity contribution in [3.63, 3.8) is 0 Å². The van der Waals surface area contributed by atoms with Crippen molar-refractivity contribution in [2.24, 2.45) is 5.84 Å². The fourth-order valence-corrected chi connectivity index (χ4v) is 2.31. The number of nitro benzene ring substituents is 1. The van der Waals surface area contributed by atoms with Crippen LogP contribution in [-0.2, 0) is 6.42 Å². The van der Waals surface area contributed by atoms with Gasteiger partial charge in [0.15, 0.2) is 0 Å². The fourth-order valence-electron chi connectivity index (χ4n) is 1.72. The lowest BCUT2D eigenvalue weighted by Crippen LogP contribution is -2.26. The molecule has 2 rings (SSSR count). The summed E-state index contributed by atoms with van der Waals surface area (Å²) in [5.74, 6) is 4.91. The van der Waals surface area contributed by atoms with E-state index in [0.717, 1.165) is 5.69 Å². The molecule has 0 unspecified atom stereocenters. The summed E-state index contributed by atoms with van der Waals surface area (Å²) >= 11 is 1.49. The van der Waals surface area contributed by atoms with Crippen LogP contribution in [0, 0.1) is 10.1 Å². The molecule has 9 heteroatoms. The number of anilines is 1. The van der Waals surface area contributed by atoms with E-state index >= 15 is 0 Å². The van der Waals surface area contributed by atoms with Gasteiger partial charge in [-0.2, -0.15) is 0 Å². The third-order valence-corrected chi connectivity index (χ3v) is 3.40. The first-order valence-electron chi connectivity index (χ1n) is 6.02. The van der Waals surface area contributed by atoms with Gasteiger partial charge in [0.25, 0.3) is 11.6 Å². The summed E-state index contributed by atoms with van der Waals surface area (Å²) in [7, 11) is 0. The van der Waals surface area contributed by atoms with Gasteiger partial charge in [-0.15, -0.1) is 11.3 Å². The number of benzene rings is 1. The fraction of sp³-hybridized carbons (Fsp3) is 0.167. The van der Waals surface area contributed by atoms with Crippen LogP contribution in [0.25, 0.3) is 0 Å². The molecule has 0 fully saturated rings. The lowest BCUT2D eigenvalue weighted by molar-refractivity contribution is -0.384. The molecule has 1 heterocycles. The highest BCUT2D eigenvalue weighted by molar-refractivity contribution is 7.07. The van der Waals surface area contributed by atoms with Gasteiger partial charge >= 0.3 is 0 Å². The molecule has 0 bridgehead atoms. The SMILES string of the molecule is NNc1cc(C(=O)NCCc2cscn2)ccc1[N+](=O)[O-]. The van der Waals surface area contributed by atoms with E-state index in [0.29, 0.717) is 18.5 Å². The van der Waals surface area contributed by atoms with Crippen molar-refractivity contribution < 1.29 is 9.72 Å². The van der Waals surface area contributed by atoms with Crippen LogP contribution in [0.3, 0.4) is 0 Å². The Balaban J connectivity index is 2.00. The Bertz CT molecular complexity index is 644. The number of carbonyl (C=O) groups excluding carboxylic acids is 1. The van der Waals surface area contributed by atoms with E-state index in [-0.39, 0.29) is 17.3 Å². The van der Waals surface area contributed by atoms with Crippen molar-refractivity contribution in [1.82, 2.24) is 10.3 Å². The number of hydrazine groups is 1. The van der Waals surface area contributed by atoms with Crippen molar-refractivity contribution >= 4 is 28.6 Å². The van der Waals surface area contributed by atoms with Gasteiger partial charge < -0.3 is 10.7 Å². The van der Waals surface area contributed by atoms with Crippen molar-refractivity contribution in [3.8, 4) is 0 Å². The lowest BCUT2D eigenvalue weighted by Gasteiger charge is -2.07. The Morgan fingerprint density at radius 2 is 2.29 bits per heavy atom. The zero-order chi connectivity index (χ0) is 15.2. The van der Waals surface area contributed by atoms with E-state index in [1.165, 1.54) is 29.5 Å². The Kier molecular flexibility index (Phi) is 4.80. The zero-order valence-corrected chi connectivity index (χ0v) is 11.7. The molecule has 21 heavy (non-hydrogen) atoms. The average molecular weight is 307 g/mol. The number of nitrogens with zero attached hydrogens (tertiary/aromatic N) is 2. The lowest BCUT2D eigenvalue weighted by atomic mass is 10.1. The number of nitrogen functional groups attached to an aromatic ring is 1. The first-order valence-corrected chi connectivity index (χ1v) is 6.96. The molecule has 0 aliphatic heterocycles. The monoisotopic (exact) mass is 307 g/mol. The number of nitro groups is 1. The molecular formula is C12H13N5O3S. The van der Waals surface area contributed by atoms with Gasteiger partial charge in [-0.1, -0.05) is 0 Å². The third kappa shape index (κ3) is 3.74. The van der Waals surface area contributed by atoms with Gasteiger partial charge in [0, 0.05) is 30.0 Å². The van der Waals surface area contributed by atoms with E-state index in [1.54, 1.807) is 5.51 Å². The number of carbonyl (C=O) groups is 1. The summed E-state index contributed by atoms with van der Waals surface area (Å²) in [4.78, 5) is 26.3. The van der Waals surface area contributed by atoms with Crippen molar-refractivity contribution in [1.29, 1.82) is 0 Å². The second-order valence-corrected chi connectivity index (χ2v) is 4.84. The maximum atomic E-state index is 12.0. The van der Waals surface area contributed by atoms with E-state index < -0.39 is 4.92 Å². The van der Waals surface area contributed by atoms with Crippen LogP contribution in [0.5, 0.6) is 0 Å². The van der Waals surface area contributed by atoms with Crippen LogP contribution in [0.4, 0.5) is 11.4 Å². The van der Waals surface area contributed by atoms with Crippen LogP contribution in [-0.4, -0.2) is 22.4 Å². The number of nitrogens with two attached hydrogens (primary N) is 1. The molecule has 0 spiro atoms. The molecular weight excluding hydrogens is 294 g/mol. The highest BCUT2D eigenvalue weighted by Gasteiger charge is 2.15. The number of aromatic nitrogens is 1. The third-order valence-electron chi connectivity index (χ3n) is 2.76. The molecule has 4 N–H and O–H groups in total. The molecule has 1 aromatic heterocycles. The van der Waals surface area contributed by atoms with Gasteiger partial charge in [0.1, 0.15) is 5.69 Å². The van der Waals surface area contributed by atoms with Crippen LogP contribution in [0.2, 0.25) is 0 Å². The second-order valence-electron chi connectivity index (χ2n) is 4.12. The molecule has 8 nitrogen and oxygen atoms in total. The van der Waals surface area contributed by atoms with E-state index in [2.05, 4.69) is 15.7 Å². The molecule has 0 aliphatic rings. The number of rotatable bonds is 6. The number of amides is 1. The van der Waals surface area contributed by atoms with E-state index in [1.807, 2.05) is 5.38 Å². The summed E-state index contributed by atoms with van der Waals surface area (Å²) in [6.45, 7) is 0.435. The largest absolute Gasteiger partial charge is 0.352 e. The topological polar surface area (TPSA) is 123 Å². The van der Waals surface area contributed by atoms with Crippen molar-refractivity contribution in [2.45, 2.75) is 6.42 Å². The molecule has 110 valence electrons. The van der Waals surface area contributed by atoms with Gasteiger partial charge in [0.2, 0.25) is 0 Å². The average Bonchev–Trinajstić information content (AvgIpc) is 2.99. The van der Waals surface area contributed by atoms with Crippen LogP contribution in [0.15, 0.2) is 29.1 Å². The molecule has 2 aromatic rings. The molecule has 0 saturated carbocycles. The standard InChI is InChI=1S/C12H13N5O3S/c13-16-10-5-8(1-2-11(10)17(19)20)12(18)14-4-3-9-6-21-7-15-9/h1-2,5-7,16H,3-4,13H2,(H,14,18). The highest BCUT2D eigenvalue weighted by atomic mass is 32.1. The molecule has 0 radical (unpaired) electrons. The minimum absolute atomic E-state index is 0.0900. The first kappa shape index (κ1) is 14.9. The van der Waals surface area contributed by atoms with Crippen LogP contribution < -0.4 is 16.6 Å². The number of hydrogen-bond acceptors (Lipinski definition) is 7. The normalized spacial score (nSPS) is 10.1. The number of nitrogens with one attached hydrogen (secondary N) is 2. The smallest absolute Gasteiger partial charge is 0.293 e. The van der Waals surface area contributed by atoms with Gasteiger partial charge in [-0.3, -0.25) is 20.8 Å². The predicted molar refractivity (Wildman–Crippen MR) is 79.1 cm³/mol. The zero-order valence-electron chi connectivity index (χ0n) is 10.9. The number of thiazole rings is 1. The molecule has 0 aliphatic carbocycles. The maximum absolute atomic E-state index is 12.0. The van der Waals surface area contributed by atoms with E-state index in [9.17, 15) is 14.9 Å². The van der Waals surface area contributed by atoms with Crippen LogP contribution in [0.1, 0.15) is 16.1 Å². The summed E-state index contributed by atoms with van der Waals surface area (Å²) in [6.07, 6.45) is 0.629. The van der Waals surface area contributed by atoms with E-state index in [4.69, 9.17) is 5.84 Å². The molecule has 1 amide bonds. The van der Waals surface area contributed by atoms with Gasteiger partial charge in [-0.05, 0) is 12.1 Å². The second kappa shape index (κ2) is 6.77. The Morgan fingerprint density at radius 1 is 1.48 bits per heavy atom. The Morgan fingerprint density at radius 3 is 2.90 bits per heavy atom. The predicted octanol–water partition coefficient (Wildman–Crippen LogP) is 1.31. The molecule has 0 atom stereocenters. The maximum Gasteiger partial charge on any atom is 0.293 e. The summed E-state index contributed by atoms with van der Waals surface area (Å²) in [6, 6.07) is 3.97. The first-order chi connectivity index (χ1) is 10.1.